The first kappa shape index (κ1) is 12.8. The number of aliphatic hydroxyl groups excluding tert-OH is 1. The molecule has 0 aromatic rings. The maximum absolute atomic E-state index is 10.4. The summed E-state index contributed by atoms with van der Waals surface area (Å²) in [6.07, 6.45) is 0.876. The molecule has 4 N–H and O–H groups in total. The number of rotatable bonds is 6. The average Bonchev–Trinajstić information content (AvgIpc) is 2.02. The molecule has 0 amide bonds. The van der Waals surface area contributed by atoms with Gasteiger partial charge in [-0.25, -0.2) is 0 Å². The number of hydrogen-bond donors (Lipinski definition) is 3. The van der Waals surface area contributed by atoms with Gasteiger partial charge < -0.3 is 10.8 Å². The van der Waals surface area contributed by atoms with Crippen LogP contribution >= 0.6 is 0 Å². The fourth-order valence-corrected chi connectivity index (χ4v) is 1.66. The van der Waals surface area contributed by atoms with Crippen molar-refractivity contribution < 1.29 is 18.1 Å². The Morgan fingerprint density at radius 2 is 2.00 bits per heavy atom. The Hall–Kier alpha value is -0.170. The molecule has 1 unspecified atom stereocenters. The van der Waals surface area contributed by atoms with E-state index in [1.54, 1.807) is 0 Å². The molecule has 0 spiro atoms. The van der Waals surface area contributed by atoms with E-state index in [0.717, 1.165) is 0 Å². The monoisotopic (exact) mass is 211 g/mol. The molecule has 0 aliphatic carbocycles. The van der Waals surface area contributed by atoms with Crippen LogP contribution in [-0.4, -0.2) is 36.5 Å². The van der Waals surface area contributed by atoms with E-state index in [0.29, 0.717) is 6.42 Å². The van der Waals surface area contributed by atoms with Gasteiger partial charge >= 0.3 is 0 Å². The van der Waals surface area contributed by atoms with E-state index < -0.39 is 10.1 Å². The van der Waals surface area contributed by atoms with Crippen molar-refractivity contribution in [3.8, 4) is 0 Å². The highest BCUT2D eigenvalue weighted by atomic mass is 32.2. The summed E-state index contributed by atoms with van der Waals surface area (Å²) in [4.78, 5) is 0. The fourth-order valence-electron chi connectivity index (χ4n) is 1.09. The highest BCUT2D eigenvalue weighted by Gasteiger charge is 2.17. The van der Waals surface area contributed by atoms with Crippen LogP contribution in [0, 0.1) is 5.92 Å². The smallest absolute Gasteiger partial charge is 0.264 e. The van der Waals surface area contributed by atoms with Crippen LogP contribution in [0.25, 0.3) is 0 Å². The van der Waals surface area contributed by atoms with Crippen molar-refractivity contribution >= 4 is 10.1 Å². The third-order valence-electron chi connectivity index (χ3n) is 2.07. The first-order valence-corrected chi connectivity index (χ1v) is 5.83. The minimum atomic E-state index is -3.93. The lowest BCUT2D eigenvalue weighted by molar-refractivity contribution is 0.198. The molecule has 0 bridgehead atoms. The Morgan fingerprint density at radius 3 is 2.31 bits per heavy atom. The van der Waals surface area contributed by atoms with Crippen molar-refractivity contribution in [3.63, 3.8) is 0 Å². The molecule has 0 fully saturated rings. The molecule has 0 aromatic carbocycles. The van der Waals surface area contributed by atoms with E-state index in [-0.39, 0.29) is 30.7 Å². The van der Waals surface area contributed by atoms with E-state index in [4.69, 9.17) is 15.4 Å². The van der Waals surface area contributed by atoms with E-state index >= 15 is 0 Å². The van der Waals surface area contributed by atoms with Gasteiger partial charge in [0.2, 0.25) is 0 Å². The Kier molecular flexibility index (Phi) is 5.46. The van der Waals surface area contributed by atoms with Gasteiger partial charge in [0.05, 0.1) is 5.75 Å². The molecule has 0 aliphatic rings. The van der Waals surface area contributed by atoms with Crippen molar-refractivity contribution in [2.45, 2.75) is 25.8 Å². The molecule has 0 saturated carbocycles. The largest absolute Gasteiger partial charge is 0.396 e. The molecule has 0 heterocycles. The molecule has 0 radical (unpaired) electrons. The van der Waals surface area contributed by atoms with Crippen molar-refractivity contribution in [2.75, 3.05) is 12.4 Å². The maximum Gasteiger partial charge on any atom is 0.264 e. The second-order valence-corrected chi connectivity index (χ2v) is 4.66. The third-order valence-corrected chi connectivity index (χ3v) is 2.83. The van der Waals surface area contributed by atoms with Crippen molar-refractivity contribution in [1.82, 2.24) is 0 Å². The Balaban J connectivity index is 3.92. The van der Waals surface area contributed by atoms with E-state index in [2.05, 4.69) is 0 Å². The van der Waals surface area contributed by atoms with Gasteiger partial charge in [-0.1, -0.05) is 6.92 Å². The van der Waals surface area contributed by atoms with Crippen LogP contribution in [0.1, 0.15) is 19.8 Å². The zero-order valence-electron chi connectivity index (χ0n) is 7.68. The summed E-state index contributed by atoms with van der Waals surface area (Å²) >= 11 is 0. The normalized spacial score (nSPS) is 16.9. The molecule has 0 aromatic heterocycles. The Morgan fingerprint density at radius 1 is 1.46 bits per heavy atom. The summed E-state index contributed by atoms with van der Waals surface area (Å²) in [5, 5.41) is 8.83. The van der Waals surface area contributed by atoms with Crippen molar-refractivity contribution in [1.29, 1.82) is 0 Å². The van der Waals surface area contributed by atoms with E-state index in [1.807, 2.05) is 6.92 Å². The lowest BCUT2D eigenvalue weighted by Gasteiger charge is -2.19. The van der Waals surface area contributed by atoms with Gasteiger partial charge in [0.1, 0.15) is 0 Å². The molecule has 6 heteroatoms. The van der Waals surface area contributed by atoms with Gasteiger partial charge in [-0.05, 0) is 18.8 Å². The minimum absolute atomic E-state index is 0.0524. The summed E-state index contributed by atoms with van der Waals surface area (Å²) in [7, 11) is -3.93. The highest BCUT2D eigenvalue weighted by Crippen LogP contribution is 2.09. The Bertz CT molecular complexity index is 223. The van der Waals surface area contributed by atoms with Gasteiger partial charge in [0.25, 0.3) is 10.1 Å². The van der Waals surface area contributed by atoms with Crippen LogP contribution in [0.5, 0.6) is 0 Å². The molecule has 80 valence electrons. The van der Waals surface area contributed by atoms with Crippen LogP contribution < -0.4 is 5.73 Å². The molecule has 0 aliphatic heterocycles. The first-order chi connectivity index (χ1) is 5.90. The van der Waals surface area contributed by atoms with Gasteiger partial charge in [-0.2, -0.15) is 8.42 Å². The Labute approximate surface area is 78.7 Å². The van der Waals surface area contributed by atoms with Crippen LogP contribution in [0.4, 0.5) is 0 Å². The molecule has 5 nitrogen and oxygen atoms in total. The third kappa shape index (κ3) is 5.98. The molecule has 13 heavy (non-hydrogen) atoms. The maximum atomic E-state index is 10.4. The second kappa shape index (κ2) is 5.54. The van der Waals surface area contributed by atoms with Crippen LogP contribution in [-0.2, 0) is 10.1 Å². The van der Waals surface area contributed by atoms with Crippen LogP contribution in [0.15, 0.2) is 0 Å². The van der Waals surface area contributed by atoms with Gasteiger partial charge in [-0.3, -0.25) is 4.55 Å². The first-order valence-electron chi connectivity index (χ1n) is 4.22. The number of aliphatic hydroxyl groups is 1. The number of nitrogens with two attached hydrogens (primary N) is 1. The standard InChI is InChI=1S/C7H17NO4S/c1-2-6(5-9)7(8)3-4-13(10,11)12/h6-7,9H,2-5,8H2,1H3,(H,10,11,12)/t6-,7?/m0/s1. The average molecular weight is 211 g/mol. The summed E-state index contributed by atoms with van der Waals surface area (Å²) in [5.41, 5.74) is 5.61. The zero-order valence-corrected chi connectivity index (χ0v) is 8.50. The zero-order chi connectivity index (χ0) is 10.5. The summed E-state index contributed by atoms with van der Waals surface area (Å²) in [5.74, 6) is -0.438. The summed E-state index contributed by atoms with van der Waals surface area (Å²) in [6, 6.07) is -0.378. The minimum Gasteiger partial charge on any atom is -0.396 e. The van der Waals surface area contributed by atoms with E-state index in [1.165, 1.54) is 0 Å². The predicted molar refractivity (Wildman–Crippen MR) is 49.9 cm³/mol. The molecule has 2 atom stereocenters. The predicted octanol–water partition coefficient (Wildman–Crippen LogP) is -0.390. The highest BCUT2D eigenvalue weighted by molar-refractivity contribution is 7.85. The molecule has 0 saturated heterocycles. The van der Waals surface area contributed by atoms with Gasteiger partial charge in [0, 0.05) is 12.6 Å². The lowest BCUT2D eigenvalue weighted by Crippen LogP contribution is -2.33. The van der Waals surface area contributed by atoms with Crippen LogP contribution in [0.2, 0.25) is 0 Å². The van der Waals surface area contributed by atoms with Crippen LogP contribution in [0.3, 0.4) is 0 Å². The summed E-state index contributed by atoms with van der Waals surface area (Å²) < 4.78 is 29.2. The number of hydrogen-bond acceptors (Lipinski definition) is 4. The second-order valence-electron chi connectivity index (χ2n) is 3.09. The van der Waals surface area contributed by atoms with Gasteiger partial charge in [0.15, 0.2) is 0 Å². The molecular formula is C7H17NO4S. The van der Waals surface area contributed by atoms with E-state index in [9.17, 15) is 8.42 Å². The topological polar surface area (TPSA) is 101 Å². The summed E-state index contributed by atoms with van der Waals surface area (Å²) in [6.45, 7) is 1.82. The molecular weight excluding hydrogens is 194 g/mol. The van der Waals surface area contributed by atoms with Crippen molar-refractivity contribution in [3.05, 3.63) is 0 Å². The SMILES string of the molecule is CC[C@@H](CO)C(N)CCS(=O)(=O)O. The van der Waals surface area contributed by atoms with Crippen molar-refractivity contribution in [2.24, 2.45) is 11.7 Å². The lowest BCUT2D eigenvalue weighted by atomic mass is 9.97. The quantitative estimate of drug-likeness (QED) is 0.519. The van der Waals surface area contributed by atoms with Gasteiger partial charge in [-0.15, -0.1) is 0 Å². The molecule has 0 rings (SSSR count). The fraction of sp³-hybridized carbons (Fsp3) is 1.00.